The van der Waals surface area contributed by atoms with Crippen LogP contribution in [0.1, 0.15) is 73.6 Å². The van der Waals surface area contributed by atoms with Crippen molar-refractivity contribution in [3.63, 3.8) is 0 Å². The second-order valence-corrected chi connectivity index (χ2v) is 10.3. The van der Waals surface area contributed by atoms with E-state index >= 15 is 0 Å². The molecule has 1 atom stereocenters. The summed E-state index contributed by atoms with van der Waals surface area (Å²) in [5, 5.41) is 1.07. The van der Waals surface area contributed by atoms with Crippen molar-refractivity contribution in [3.8, 4) is 11.1 Å². The summed E-state index contributed by atoms with van der Waals surface area (Å²) in [6.45, 7) is 11.6. The van der Waals surface area contributed by atoms with Crippen molar-refractivity contribution in [1.29, 1.82) is 0 Å². The monoisotopic (exact) mass is 460 g/mol. The molecule has 0 aliphatic carbocycles. The highest BCUT2D eigenvalue weighted by Gasteiger charge is 2.38. The number of carbonyl (C=O) groups excluding carboxylic acids is 2. The number of rotatable bonds is 3. The van der Waals surface area contributed by atoms with Crippen molar-refractivity contribution in [3.05, 3.63) is 52.8 Å². The number of nitrogens with zero attached hydrogens (tertiary/aromatic N) is 3. The molecule has 2 aromatic heterocycles. The van der Waals surface area contributed by atoms with E-state index in [-0.39, 0.29) is 18.0 Å². The Kier molecular flexibility index (Phi) is 5.38. The number of aromatic nitrogens is 2. The van der Waals surface area contributed by atoms with E-state index in [9.17, 15) is 9.59 Å². The van der Waals surface area contributed by atoms with E-state index in [4.69, 9.17) is 4.74 Å². The molecule has 178 valence electrons. The zero-order chi connectivity index (χ0) is 24.2. The Hall–Kier alpha value is -3.35. The number of pyridine rings is 1. The minimum atomic E-state index is -0.557. The van der Waals surface area contributed by atoms with Gasteiger partial charge in [-0.3, -0.25) is 4.79 Å². The molecule has 2 aliphatic rings. The molecule has 4 heterocycles. The van der Waals surface area contributed by atoms with Crippen LogP contribution in [0.5, 0.6) is 0 Å². The highest BCUT2D eigenvalue weighted by molar-refractivity contribution is 6.00. The second-order valence-electron chi connectivity index (χ2n) is 10.3. The molecular formula is C27H32N4O3. The minimum absolute atomic E-state index is 0.0503. The average Bonchev–Trinajstić information content (AvgIpc) is 3.50. The van der Waals surface area contributed by atoms with Gasteiger partial charge in [0.05, 0.1) is 6.04 Å². The first-order valence-electron chi connectivity index (χ1n) is 12.1. The number of aromatic amines is 1. The number of H-pyrrole nitrogens is 1. The number of amides is 2. The quantitative estimate of drug-likeness (QED) is 0.553. The zero-order valence-electron chi connectivity index (χ0n) is 20.6. The van der Waals surface area contributed by atoms with Crippen molar-refractivity contribution in [2.45, 2.75) is 65.6 Å². The lowest BCUT2D eigenvalue weighted by Gasteiger charge is -2.30. The maximum Gasteiger partial charge on any atom is 0.410 e. The topological polar surface area (TPSA) is 78.5 Å². The van der Waals surface area contributed by atoms with Crippen LogP contribution in [-0.2, 0) is 11.3 Å². The smallest absolute Gasteiger partial charge is 0.410 e. The molecule has 7 nitrogen and oxygen atoms in total. The standard InChI is InChI=1S/C27H32N4O3/c1-6-30-15-22-20(23-8-7-9-31(23)26(33)34-27(3,4)5)10-17(11-21(22)25(30)32)18-12-19-16(2)13-28-24(19)29-14-18/h10-14,23H,6-9,15H2,1-5H3,(H,28,29)/t23-/m0/s1. The molecule has 0 radical (unpaired) electrons. The van der Waals surface area contributed by atoms with Crippen LogP contribution < -0.4 is 0 Å². The number of fused-ring (bicyclic) bond motifs is 2. The van der Waals surface area contributed by atoms with Gasteiger partial charge in [-0.15, -0.1) is 0 Å². The summed E-state index contributed by atoms with van der Waals surface area (Å²) in [6, 6.07) is 6.16. The lowest BCUT2D eigenvalue weighted by Crippen LogP contribution is -2.36. The van der Waals surface area contributed by atoms with E-state index in [1.54, 1.807) is 0 Å². The molecule has 3 aromatic rings. The van der Waals surface area contributed by atoms with Crippen LogP contribution in [0.4, 0.5) is 4.79 Å². The summed E-state index contributed by atoms with van der Waals surface area (Å²) in [4.78, 5) is 37.7. The Labute approximate surface area is 200 Å². The molecule has 1 saturated heterocycles. The third-order valence-electron chi connectivity index (χ3n) is 6.84. The molecule has 1 N–H and O–H groups in total. The zero-order valence-corrected chi connectivity index (χ0v) is 20.6. The van der Waals surface area contributed by atoms with Gasteiger partial charge in [-0.25, -0.2) is 9.78 Å². The number of aryl methyl sites for hydroxylation is 1. The van der Waals surface area contributed by atoms with Crippen LogP contribution in [0.3, 0.4) is 0 Å². The number of hydrogen-bond donors (Lipinski definition) is 1. The SMILES string of the molecule is CCN1Cc2c(cc(-c3cnc4[nH]cc(C)c4c3)cc2[C@@H]2CCCN2C(=O)OC(C)(C)C)C1=O. The summed E-state index contributed by atoms with van der Waals surface area (Å²) in [5.41, 5.74) is 6.15. The Morgan fingerprint density at radius 1 is 1.24 bits per heavy atom. The average molecular weight is 461 g/mol. The molecule has 0 spiro atoms. The van der Waals surface area contributed by atoms with Gasteiger partial charge in [-0.1, -0.05) is 0 Å². The lowest BCUT2D eigenvalue weighted by atomic mass is 9.91. The Morgan fingerprint density at radius 3 is 2.76 bits per heavy atom. The van der Waals surface area contributed by atoms with Crippen LogP contribution >= 0.6 is 0 Å². The van der Waals surface area contributed by atoms with E-state index in [1.165, 1.54) is 0 Å². The minimum Gasteiger partial charge on any atom is -0.444 e. The number of ether oxygens (including phenoxy) is 1. The third-order valence-corrected chi connectivity index (χ3v) is 6.84. The highest BCUT2D eigenvalue weighted by Crippen LogP contribution is 2.41. The lowest BCUT2D eigenvalue weighted by molar-refractivity contribution is 0.0223. The third kappa shape index (κ3) is 3.83. The fourth-order valence-electron chi connectivity index (χ4n) is 5.14. The van der Waals surface area contributed by atoms with Crippen molar-refractivity contribution < 1.29 is 14.3 Å². The highest BCUT2D eigenvalue weighted by atomic mass is 16.6. The molecule has 7 heteroatoms. The molecule has 34 heavy (non-hydrogen) atoms. The van der Waals surface area contributed by atoms with Gasteiger partial charge in [-0.05, 0) is 87.9 Å². The molecule has 0 unspecified atom stereocenters. The summed E-state index contributed by atoms with van der Waals surface area (Å²) in [5.74, 6) is 0.0503. The van der Waals surface area contributed by atoms with Crippen molar-refractivity contribution in [1.82, 2.24) is 19.8 Å². The number of likely N-dealkylation sites (tertiary alicyclic amines) is 1. The van der Waals surface area contributed by atoms with E-state index in [2.05, 4.69) is 29.0 Å². The molecule has 2 aliphatic heterocycles. The predicted octanol–water partition coefficient (Wildman–Crippen LogP) is 5.59. The fourth-order valence-corrected chi connectivity index (χ4v) is 5.14. The van der Waals surface area contributed by atoms with Crippen LogP contribution in [0, 0.1) is 6.92 Å². The predicted molar refractivity (Wildman–Crippen MR) is 132 cm³/mol. The Bertz CT molecular complexity index is 1290. The first kappa shape index (κ1) is 22.4. The Balaban J connectivity index is 1.62. The molecule has 1 aromatic carbocycles. The van der Waals surface area contributed by atoms with Crippen LogP contribution in [-0.4, -0.2) is 50.5 Å². The number of benzene rings is 1. The van der Waals surface area contributed by atoms with Crippen LogP contribution in [0.15, 0.2) is 30.6 Å². The van der Waals surface area contributed by atoms with E-state index in [0.717, 1.165) is 57.3 Å². The first-order valence-corrected chi connectivity index (χ1v) is 12.1. The van der Waals surface area contributed by atoms with Crippen LogP contribution in [0.25, 0.3) is 22.2 Å². The Morgan fingerprint density at radius 2 is 2.03 bits per heavy atom. The molecule has 1 fully saturated rings. The van der Waals surface area contributed by atoms with E-state index in [1.807, 2.05) is 56.0 Å². The number of nitrogens with one attached hydrogen (secondary N) is 1. The maximum atomic E-state index is 13.2. The van der Waals surface area contributed by atoms with Crippen molar-refractivity contribution in [2.24, 2.45) is 0 Å². The summed E-state index contributed by atoms with van der Waals surface area (Å²) >= 11 is 0. The van der Waals surface area contributed by atoms with E-state index in [0.29, 0.717) is 19.6 Å². The summed E-state index contributed by atoms with van der Waals surface area (Å²) in [7, 11) is 0. The fraction of sp³-hybridized carbons (Fsp3) is 0.444. The van der Waals surface area contributed by atoms with Gasteiger partial charge in [-0.2, -0.15) is 0 Å². The summed E-state index contributed by atoms with van der Waals surface area (Å²) in [6.07, 6.45) is 5.27. The first-order chi connectivity index (χ1) is 16.2. The molecule has 0 saturated carbocycles. The number of carbonyl (C=O) groups is 2. The second kappa shape index (κ2) is 8.15. The number of hydrogen-bond acceptors (Lipinski definition) is 4. The van der Waals surface area contributed by atoms with Crippen LogP contribution in [0.2, 0.25) is 0 Å². The van der Waals surface area contributed by atoms with Gasteiger partial charge < -0.3 is 19.5 Å². The largest absolute Gasteiger partial charge is 0.444 e. The van der Waals surface area contributed by atoms with Gasteiger partial charge in [0.2, 0.25) is 0 Å². The molecule has 2 amide bonds. The normalized spacial score (nSPS) is 18.1. The molecule has 5 rings (SSSR count). The van der Waals surface area contributed by atoms with Crippen molar-refractivity contribution >= 4 is 23.0 Å². The van der Waals surface area contributed by atoms with Gasteiger partial charge in [0.15, 0.2) is 0 Å². The van der Waals surface area contributed by atoms with Crippen molar-refractivity contribution in [2.75, 3.05) is 13.1 Å². The molecule has 0 bridgehead atoms. The van der Waals surface area contributed by atoms with Gasteiger partial charge in [0, 0.05) is 48.5 Å². The van der Waals surface area contributed by atoms with Gasteiger partial charge >= 0.3 is 6.09 Å². The molecular weight excluding hydrogens is 428 g/mol. The van der Waals surface area contributed by atoms with Gasteiger partial charge in [0.25, 0.3) is 5.91 Å². The maximum absolute atomic E-state index is 13.2. The van der Waals surface area contributed by atoms with Gasteiger partial charge in [0.1, 0.15) is 11.2 Å². The van der Waals surface area contributed by atoms with E-state index < -0.39 is 5.60 Å². The summed E-state index contributed by atoms with van der Waals surface area (Å²) < 4.78 is 5.72.